The number of rotatable bonds is 7. The van der Waals surface area contributed by atoms with Crippen LogP contribution in [0, 0.1) is 11.3 Å². The molecule has 25 heavy (non-hydrogen) atoms. The SMILES string of the molecule is CCOc1c(Br)cc(C(=O)N(CC#N)Cc2ccccc2)cc1OC. The fourth-order valence-electron chi connectivity index (χ4n) is 2.40. The number of nitrogens with zero attached hydrogens (tertiary/aromatic N) is 2. The summed E-state index contributed by atoms with van der Waals surface area (Å²) in [6.45, 7) is 2.72. The van der Waals surface area contributed by atoms with Crippen LogP contribution in [0.25, 0.3) is 0 Å². The Morgan fingerprint density at radius 3 is 2.60 bits per heavy atom. The zero-order chi connectivity index (χ0) is 18.2. The Bertz CT molecular complexity index is 772. The Labute approximate surface area is 155 Å². The summed E-state index contributed by atoms with van der Waals surface area (Å²) in [5.41, 5.74) is 1.39. The summed E-state index contributed by atoms with van der Waals surface area (Å²) >= 11 is 3.42. The van der Waals surface area contributed by atoms with Gasteiger partial charge in [0.15, 0.2) is 11.5 Å². The van der Waals surface area contributed by atoms with E-state index in [2.05, 4.69) is 22.0 Å². The lowest BCUT2D eigenvalue weighted by molar-refractivity contribution is 0.0764. The third-order valence-electron chi connectivity index (χ3n) is 3.53. The number of carbonyl (C=O) groups is 1. The van der Waals surface area contributed by atoms with Crippen molar-refractivity contribution in [2.45, 2.75) is 13.5 Å². The van der Waals surface area contributed by atoms with Crippen molar-refractivity contribution in [1.82, 2.24) is 4.90 Å². The van der Waals surface area contributed by atoms with Crippen LogP contribution in [0.1, 0.15) is 22.8 Å². The van der Waals surface area contributed by atoms with Crippen LogP contribution in [0.4, 0.5) is 0 Å². The molecule has 0 aliphatic carbocycles. The highest BCUT2D eigenvalue weighted by Gasteiger charge is 2.20. The highest BCUT2D eigenvalue weighted by atomic mass is 79.9. The normalized spacial score (nSPS) is 10.0. The molecule has 0 radical (unpaired) electrons. The minimum atomic E-state index is -0.243. The third kappa shape index (κ3) is 4.74. The maximum absolute atomic E-state index is 12.9. The summed E-state index contributed by atoms with van der Waals surface area (Å²) in [5.74, 6) is 0.778. The number of amides is 1. The molecule has 2 aromatic rings. The van der Waals surface area contributed by atoms with Gasteiger partial charge in [-0.25, -0.2) is 0 Å². The van der Waals surface area contributed by atoms with Gasteiger partial charge < -0.3 is 14.4 Å². The average Bonchev–Trinajstić information content (AvgIpc) is 2.63. The lowest BCUT2D eigenvalue weighted by Crippen LogP contribution is -2.31. The minimum Gasteiger partial charge on any atom is -0.493 e. The summed E-state index contributed by atoms with van der Waals surface area (Å²) < 4.78 is 11.5. The predicted molar refractivity (Wildman–Crippen MR) is 98.7 cm³/mol. The fourth-order valence-corrected chi connectivity index (χ4v) is 2.96. The van der Waals surface area contributed by atoms with Gasteiger partial charge in [0.2, 0.25) is 0 Å². The van der Waals surface area contributed by atoms with Crippen LogP contribution >= 0.6 is 15.9 Å². The first kappa shape index (κ1) is 18.8. The van der Waals surface area contributed by atoms with Crippen molar-refractivity contribution in [3.8, 4) is 17.6 Å². The summed E-state index contributed by atoms with van der Waals surface area (Å²) in [6.07, 6.45) is 0. The number of hydrogen-bond donors (Lipinski definition) is 0. The molecule has 5 nitrogen and oxygen atoms in total. The lowest BCUT2D eigenvalue weighted by Gasteiger charge is -2.21. The number of hydrogen-bond acceptors (Lipinski definition) is 4. The van der Waals surface area contributed by atoms with Gasteiger partial charge >= 0.3 is 0 Å². The Balaban J connectivity index is 2.32. The van der Waals surface area contributed by atoms with Gasteiger partial charge in [0.05, 0.1) is 24.3 Å². The maximum Gasteiger partial charge on any atom is 0.255 e. The van der Waals surface area contributed by atoms with Crippen molar-refractivity contribution < 1.29 is 14.3 Å². The molecule has 0 bridgehead atoms. The van der Waals surface area contributed by atoms with Gasteiger partial charge in [-0.05, 0) is 40.5 Å². The first-order chi connectivity index (χ1) is 12.1. The number of methoxy groups -OCH3 is 1. The van der Waals surface area contributed by atoms with Gasteiger partial charge in [0.25, 0.3) is 5.91 Å². The highest BCUT2D eigenvalue weighted by Crippen LogP contribution is 2.37. The smallest absolute Gasteiger partial charge is 0.255 e. The number of ether oxygens (including phenoxy) is 2. The van der Waals surface area contributed by atoms with Gasteiger partial charge in [-0.1, -0.05) is 30.3 Å². The van der Waals surface area contributed by atoms with Crippen molar-refractivity contribution in [2.24, 2.45) is 0 Å². The van der Waals surface area contributed by atoms with E-state index in [1.165, 1.54) is 12.0 Å². The Morgan fingerprint density at radius 1 is 1.28 bits per heavy atom. The molecule has 6 heteroatoms. The van der Waals surface area contributed by atoms with Gasteiger partial charge in [0.1, 0.15) is 6.54 Å². The van der Waals surface area contributed by atoms with Crippen molar-refractivity contribution >= 4 is 21.8 Å². The monoisotopic (exact) mass is 402 g/mol. The zero-order valence-electron chi connectivity index (χ0n) is 14.2. The Kier molecular flexibility index (Phi) is 6.84. The largest absolute Gasteiger partial charge is 0.493 e. The van der Waals surface area contributed by atoms with Crippen LogP contribution in [0.5, 0.6) is 11.5 Å². The molecule has 0 atom stereocenters. The molecule has 0 saturated carbocycles. The lowest BCUT2D eigenvalue weighted by atomic mass is 10.1. The molecule has 0 aliphatic rings. The molecule has 130 valence electrons. The van der Waals surface area contributed by atoms with E-state index in [4.69, 9.17) is 14.7 Å². The van der Waals surface area contributed by atoms with Crippen molar-refractivity contribution in [3.63, 3.8) is 0 Å². The molecule has 0 unspecified atom stereocenters. The van der Waals surface area contributed by atoms with E-state index in [0.717, 1.165) is 5.56 Å². The highest BCUT2D eigenvalue weighted by molar-refractivity contribution is 9.10. The molecule has 0 aliphatic heterocycles. The molecule has 2 aromatic carbocycles. The van der Waals surface area contributed by atoms with Gasteiger partial charge in [-0.3, -0.25) is 4.79 Å². The van der Waals surface area contributed by atoms with Crippen molar-refractivity contribution in [2.75, 3.05) is 20.3 Å². The maximum atomic E-state index is 12.9. The first-order valence-corrected chi connectivity index (χ1v) is 8.60. The van der Waals surface area contributed by atoms with E-state index in [9.17, 15) is 4.79 Å². The van der Waals surface area contributed by atoms with Crippen molar-refractivity contribution in [3.05, 3.63) is 58.1 Å². The molecule has 0 spiro atoms. The molecule has 0 N–H and O–H groups in total. The summed E-state index contributed by atoms with van der Waals surface area (Å²) in [6, 6.07) is 14.9. The quantitative estimate of drug-likeness (QED) is 0.656. The van der Waals surface area contributed by atoms with E-state index in [-0.39, 0.29) is 12.5 Å². The van der Waals surface area contributed by atoms with Crippen LogP contribution in [0.15, 0.2) is 46.9 Å². The molecular weight excluding hydrogens is 384 g/mol. The molecular formula is C19H19BrN2O3. The number of nitriles is 1. The Morgan fingerprint density at radius 2 is 2.00 bits per heavy atom. The number of carbonyl (C=O) groups excluding carboxylic acids is 1. The molecule has 0 fully saturated rings. The molecule has 0 aromatic heterocycles. The van der Waals surface area contributed by atoms with Crippen LogP contribution in [0.3, 0.4) is 0 Å². The van der Waals surface area contributed by atoms with Gasteiger partial charge in [-0.2, -0.15) is 5.26 Å². The van der Waals surface area contributed by atoms with E-state index in [0.29, 0.717) is 34.7 Å². The topological polar surface area (TPSA) is 62.6 Å². The second-order valence-corrected chi connectivity index (χ2v) is 6.08. The number of halogens is 1. The summed E-state index contributed by atoms with van der Waals surface area (Å²) in [4.78, 5) is 14.4. The van der Waals surface area contributed by atoms with E-state index < -0.39 is 0 Å². The van der Waals surface area contributed by atoms with Crippen LogP contribution in [-0.2, 0) is 6.54 Å². The zero-order valence-corrected chi connectivity index (χ0v) is 15.7. The van der Waals surface area contributed by atoms with Gasteiger partial charge in [-0.15, -0.1) is 0 Å². The summed E-state index contributed by atoms with van der Waals surface area (Å²) in [5, 5.41) is 9.08. The predicted octanol–water partition coefficient (Wildman–Crippen LogP) is 4.02. The second kappa shape index (κ2) is 9.09. The van der Waals surface area contributed by atoms with Gasteiger partial charge in [0, 0.05) is 12.1 Å². The standard InChI is InChI=1S/C19H19BrN2O3/c1-3-25-18-16(20)11-15(12-17(18)24-2)19(23)22(10-9-21)13-14-7-5-4-6-8-14/h4-8,11-12H,3,10,13H2,1-2H3. The van der Waals surface area contributed by atoms with Crippen LogP contribution < -0.4 is 9.47 Å². The molecule has 0 heterocycles. The van der Waals surface area contributed by atoms with Crippen LogP contribution in [-0.4, -0.2) is 31.1 Å². The average molecular weight is 403 g/mol. The summed E-state index contributed by atoms with van der Waals surface area (Å²) in [7, 11) is 1.52. The molecule has 0 saturated heterocycles. The molecule has 2 rings (SSSR count). The fraction of sp³-hybridized carbons (Fsp3) is 0.263. The van der Waals surface area contributed by atoms with Crippen LogP contribution in [0.2, 0.25) is 0 Å². The van der Waals surface area contributed by atoms with E-state index >= 15 is 0 Å². The second-order valence-electron chi connectivity index (χ2n) is 5.23. The number of benzene rings is 2. The third-order valence-corrected chi connectivity index (χ3v) is 4.12. The van der Waals surface area contributed by atoms with Crippen molar-refractivity contribution in [1.29, 1.82) is 5.26 Å². The first-order valence-electron chi connectivity index (χ1n) is 7.81. The molecule has 1 amide bonds. The van der Waals surface area contributed by atoms with E-state index in [1.54, 1.807) is 12.1 Å². The van der Waals surface area contributed by atoms with E-state index in [1.807, 2.05) is 37.3 Å². The minimum absolute atomic E-state index is 0.000867. The Hall–Kier alpha value is -2.52.